The number of alkyl halides is 2. The van der Waals surface area contributed by atoms with Gasteiger partial charge in [0.1, 0.15) is 11.6 Å². The molecule has 0 spiro atoms. The number of nitrogens with one attached hydrogen (secondary N) is 1. The Morgan fingerprint density at radius 2 is 1.97 bits per heavy atom. The molecule has 3 N–H and O–H groups in total. The predicted molar refractivity (Wildman–Crippen MR) is 117 cm³/mol. The van der Waals surface area contributed by atoms with Crippen LogP contribution in [0.3, 0.4) is 0 Å². The lowest BCUT2D eigenvalue weighted by Crippen LogP contribution is -2.27. The molecule has 1 aliphatic rings. The Morgan fingerprint density at radius 3 is 2.66 bits per heavy atom. The van der Waals surface area contributed by atoms with Crippen molar-refractivity contribution in [2.24, 2.45) is 11.7 Å². The second-order valence-corrected chi connectivity index (χ2v) is 8.03. The summed E-state index contributed by atoms with van der Waals surface area (Å²) in [6, 6.07) is 7.43. The van der Waals surface area contributed by atoms with Crippen molar-refractivity contribution in [3.05, 3.63) is 65.1 Å². The molecule has 186 valence electrons. The van der Waals surface area contributed by atoms with Crippen molar-refractivity contribution < 1.29 is 36.2 Å². The number of aromatic nitrogens is 1. The van der Waals surface area contributed by atoms with Crippen LogP contribution >= 0.6 is 0 Å². The summed E-state index contributed by atoms with van der Waals surface area (Å²) in [6.07, 6.45) is 2.15. The molecule has 4 rings (SSSR count). The van der Waals surface area contributed by atoms with E-state index in [0.29, 0.717) is 18.1 Å². The fourth-order valence-corrected chi connectivity index (χ4v) is 3.35. The predicted octanol–water partition coefficient (Wildman–Crippen LogP) is 4.44. The third-order valence-corrected chi connectivity index (χ3v) is 5.37. The van der Waals surface area contributed by atoms with E-state index < -0.39 is 24.2 Å². The van der Waals surface area contributed by atoms with Gasteiger partial charge >= 0.3 is 6.61 Å². The summed E-state index contributed by atoms with van der Waals surface area (Å²) in [4.78, 5) is 16.9. The second-order valence-electron chi connectivity index (χ2n) is 8.03. The van der Waals surface area contributed by atoms with E-state index in [1.165, 1.54) is 24.3 Å². The average Bonchev–Trinajstić information content (AvgIpc) is 3.55. The van der Waals surface area contributed by atoms with Gasteiger partial charge in [0.25, 0.3) is 5.91 Å². The first kappa shape index (κ1) is 24.5. The van der Waals surface area contributed by atoms with Crippen LogP contribution in [0.25, 0.3) is 11.5 Å². The van der Waals surface area contributed by atoms with Crippen LogP contribution in [0.1, 0.15) is 34.7 Å². The molecule has 2 aromatic carbocycles. The highest BCUT2D eigenvalue weighted by atomic mass is 19.3. The van der Waals surface area contributed by atoms with Gasteiger partial charge in [0.05, 0.1) is 13.2 Å². The van der Waals surface area contributed by atoms with Crippen molar-refractivity contribution in [2.45, 2.75) is 32.4 Å². The molecule has 3 aromatic rings. The average molecular weight is 493 g/mol. The molecule has 0 atom stereocenters. The molecule has 7 nitrogen and oxygen atoms in total. The fourth-order valence-electron chi connectivity index (χ4n) is 3.35. The van der Waals surface area contributed by atoms with Crippen LogP contribution in [-0.2, 0) is 13.0 Å². The minimum absolute atomic E-state index is 0.0417. The third-order valence-electron chi connectivity index (χ3n) is 5.37. The lowest BCUT2D eigenvalue weighted by Gasteiger charge is -2.12. The van der Waals surface area contributed by atoms with Crippen molar-refractivity contribution in [1.29, 1.82) is 0 Å². The Bertz CT molecular complexity index is 1200. The Labute approximate surface area is 198 Å². The van der Waals surface area contributed by atoms with Crippen LogP contribution in [0.15, 0.2) is 40.8 Å². The van der Waals surface area contributed by atoms with Crippen molar-refractivity contribution in [1.82, 2.24) is 10.3 Å². The summed E-state index contributed by atoms with van der Waals surface area (Å²) >= 11 is 0. The van der Waals surface area contributed by atoms with Gasteiger partial charge in [-0.25, -0.2) is 13.8 Å². The van der Waals surface area contributed by atoms with Gasteiger partial charge in [-0.3, -0.25) is 4.79 Å². The standard InChI is InChI=1S/C24H23F4N3O4/c25-16-5-3-14(17(26)10-16)7-8-30-22(32)21-20(11-29)34-23(31-21)15-4-6-18(35-24(27)28)19(9-15)33-12-13-1-2-13/h3-6,9-10,13,24H,1-2,7-8,11-12,29H2,(H,30,32). The topological polar surface area (TPSA) is 99.6 Å². The smallest absolute Gasteiger partial charge is 0.387 e. The number of benzene rings is 2. The third kappa shape index (κ3) is 6.30. The zero-order chi connectivity index (χ0) is 24.9. The highest BCUT2D eigenvalue weighted by Gasteiger charge is 2.24. The number of rotatable bonds is 11. The number of amides is 1. The Kier molecular flexibility index (Phi) is 7.54. The maximum atomic E-state index is 13.8. The van der Waals surface area contributed by atoms with E-state index in [9.17, 15) is 22.4 Å². The number of carbonyl (C=O) groups excluding carboxylic acids is 1. The zero-order valence-electron chi connectivity index (χ0n) is 18.5. The van der Waals surface area contributed by atoms with Gasteiger partial charge in [-0.1, -0.05) is 6.07 Å². The maximum Gasteiger partial charge on any atom is 0.387 e. The fraction of sp³-hybridized carbons (Fsp3) is 0.333. The molecule has 1 heterocycles. The number of nitrogens with two attached hydrogens (primary N) is 1. The molecule has 0 bridgehead atoms. The number of hydrogen-bond donors (Lipinski definition) is 2. The highest BCUT2D eigenvalue weighted by Crippen LogP contribution is 2.36. The number of carbonyl (C=O) groups is 1. The van der Waals surface area contributed by atoms with Crippen LogP contribution in [0.2, 0.25) is 0 Å². The molecule has 0 aliphatic heterocycles. The van der Waals surface area contributed by atoms with E-state index in [1.807, 2.05) is 0 Å². The summed E-state index contributed by atoms with van der Waals surface area (Å²) < 4.78 is 68.2. The van der Waals surface area contributed by atoms with Crippen LogP contribution in [-0.4, -0.2) is 30.7 Å². The van der Waals surface area contributed by atoms with E-state index in [-0.39, 0.29) is 53.9 Å². The van der Waals surface area contributed by atoms with E-state index in [2.05, 4.69) is 15.0 Å². The number of hydrogen-bond acceptors (Lipinski definition) is 6. The summed E-state index contributed by atoms with van der Waals surface area (Å²) in [5, 5.41) is 2.61. The van der Waals surface area contributed by atoms with E-state index in [4.69, 9.17) is 14.9 Å². The second kappa shape index (κ2) is 10.8. The quantitative estimate of drug-likeness (QED) is 0.383. The van der Waals surface area contributed by atoms with Crippen LogP contribution in [0.5, 0.6) is 11.5 Å². The molecule has 0 unspecified atom stereocenters. The van der Waals surface area contributed by atoms with E-state index in [0.717, 1.165) is 25.0 Å². The number of ether oxygens (including phenoxy) is 2. The van der Waals surface area contributed by atoms with Crippen LogP contribution < -0.4 is 20.5 Å². The van der Waals surface area contributed by atoms with Gasteiger partial charge in [0.2, 0.25) is 5.89 Å². The number of halogens is 4. The zero-order valence-corrected chi connectivity index (χ0v) is 18.5. The van der Waals surface area contributed by atoms with Gasteiger partial charge in [-0.15, -0.1) is 0 Å². The molecule has 11 heteroatoms. The molecule has 0 radical (unpaired) electrons. The normalized spacial score (nSPS) is 13.2. The van der Waals surface area contributed by atoms with Gasteiger partial charge in [0, 0.05) is 18.2 Å². The van der Waals surface area contributed by atoms with Crippen LogP contribution in [0.4, 0.5) is 17.6 Å². The number of nitrogens with zero attached hydrogens (tertiary/aromatic N) is 1. The molecule has 1 aliphatic carbocycles. The largest absolute Gasteiger partial charge is 0.489 e. The minimum atomic E-state index is -3.02. The van der Waals surface area contributed by atoms with E-state index >= 15 is 0 Å². The molecular weight excluding hydrogens is 470 g/mol. The molecule has 1 fully saturated rings. The van der Waals surface area contributed by atoms with Crippen molar-refractivity contribution in [3.63, 3.8) is 0 Å². The van der Waals surface area contributed by atoms with Gasteiger partial charge in [0.15, 0.2) is 23.0 Å². The molecular formula is C24H23F4N3O4. The Hall–Kier alpha value is -3.60. The number of oxazole rings is 1. The van der Waals surface area contributed by atoms with E-state index in [1.54, 1.807) is 0 Å². The first-order valence-corrected chi connectivity index (χ1v) is 11.0. The van der Waals surface area contributed by atoms with Crippen LogP contribution in [0, 0.1) is 17.6 Å². The Morgan fingerprint density at radius 1 is 1.17 bits per heavy atom. The van der Waals surface area contributed by atoms with Crippen molar-refractivity contribution in [2.75, 3.05) is 13.2 Å². The molecule has 1 amide bonds. The molecule has 35 heavy (non-hydrogen) atoms. The summed E-state index contributed by atoms with van der Waals surface area (Å²) in [5.74, 6) is -1.47. The molecule has 1 saturated carbocycles. The summed E-state index contributed by atoms with van der Waals surface area (Å²) in [5.41, 5.74) is 6.26. The van der Waals surface area contributed by atoms with Gasteiger partial charge in [-0.05, 0) is 55.0 Å². The first-order valence-electron chi connectivity index (χ1n) is 11.0. The van der Waals surface area contributed by atoms with Crippen molar-refractivity contribution in [3.8, 4) is 23.0 Å². The Balaban J connectivity index is 1.48. The lowest BCUT2D eigenvalue weighted by atomic mass is 10.1. The van der Waals surface area contributed by atoms with Gasteiger partial charge in [-0.2, -0.15) is 8.78 Å². The monoisotopic (exact) mass is 493 g/mol. The van der Waals surface area contributed by atoms with Crippen molar-refractivity contribution >= 4 is 5.91 Å². The molecule has 1 aromatic heterocycles. The maximum absolute atomic E-state index is 13.8. The summed E-state index contributed by atoms with van der Waals surface area (Å²) in [7, 11) is 0. The minimum Gasteiger partial charge on any atom is -0.489 e. The lowest BCUT2D eigenvalue weighted by molar-refractivity contribution is -0.0515. The summed E-state index contributed by atoms with van der Waals surface area (Å²) in [6.45, 7) is -2.72. The van der Waals surface area contributed by atoms with Gasteiger partial charge < -0.3 is 24.9 Å². The highest BCUT2D eigenvalue weighted by molar-refractivity contribution is 5.93. The first-order chi connectivity index (χ1) is 16.8. The SMILES string of the molecule is NCc1oc(-c2ccc(OC(F)F)c(OCC3CC3)c2)nc1C(=O)NCCc1ccc(F)cc1F. The molecule has 0 saturated heterocycles.